The lowest BCUT2D eigenvalue weighted by molar-refractivity contribution is -0.384. The van der Waals surface area contributed by atoms with E-state index in [-0.39, 0.29) is 11.6 Å². The predicted octanol–water partition coefficient (Wildman–Crippen LogP) is 4.42. The number of aromatic nitrogens is 1. The van der Waals surface area contributed by atoms with Gasteiger partial charge in [-0.1, -0.05) is 42.5 Å². The number of nitro benzene ring substituents is 1. The van der Waals surface area contributed by atoms with E-state index < -0.39 is 4.92 Å². The zero-order chi connectivity index (χ0) is 17.8. The first kappa shape index (κ1) is 16.8. The van der Waals surface area contributed by atoms with Gasteiger partial charge in [0.15, 0.2) is 5.13 Å². The average molecular weight is 353 g/mol. The first-order chi connectivity index (χ1) is 12.1. The molecule has 0 aliphatic rings. The number of nitro groups is 1. The molecule has 25 heavy (non-hydrogen) atoms. The van der Waals surface area contributed by atoms with Crippen molar-refractivity contribution in [2.24, 2.45) is 0 Å². The van der Waals surface area contributed by atoms with Crippen LogP contribution >= 0.6 is 11.3 Å². The molecule has 126 valence electrons. The highest BCUT2D eigenvalue weighted by atomic mass is 32.1. The summed E-state index contributed by atoms with van der Waals surface area (Å²) < 4.78 is 1.03. The van der Waals surface area contributed by atoms with E-state index in [0.29, 0.717) is 10.7 Å². The van der Waals surface area contributed by atoms with Crippen LogP contribution in [0, 0.1) is 10.1 Å². The summed E-state index contributed by atoms with van der Waals surface area (Å²) in [7, 11) is 0. The number of nitrogens with one attached hydrogen (secondary N) is 1. The van der Waals surface area contributed by atoms with Crippen molar-refractivity contribution in [3.05, 3.63) is 69.8 Å². The highest BCUT2D eigenvalue weighted by molar-refractivity contribution is 7.22. The second kappa shape index (κ2) is 7.23. The summed E-state index contributed by atoms with van der Waals surface area (Å²) in [6.45, 7) is 2.06. The molecule has 0 unspecified atom stereocenters. The molecular formula is C18H15N3O3S. The molecule has 0 saturated carbocycles. The first-order valence-corrected chi connectivity index (χ1v) is 8.50. The van der Waals surface area contributed by atoms with Gasteiger partial charge in [-0.05, 0) is 29.7 Å². The number of nitrogens with zero attached hydrogens (tertiary/aromatic N) is 2. The zero-order valence-corrected chi connectivity index (χ0v) is 14.2. The van der Waals surface area contributed by atoms with Gasteiger partial charge in [-0.3, -0.25) is 20.2 Å². The summed E-state index contributed by atoms with van der Waals surface area (Å²) in [6.07, 6.45) is 3.75. The van der Waals surface area contributed by atoms with Crippen LogP contribution in [-0.2, 0) is 11.2 Å². The zero-order valence-electron chi connectivity index (χ0n) is 13.4. The van der Waals surface area contributed by atoms with E-state index in [1.165, 1.54) is 35.6 Å². The van der Waals surface area contributed by atoms with Crippen LogP contribution in [-0.4, -0.2) is 15.8 Å². The maximum absolute atomic E-state index is 12.1. The Kier molecular flexibility index (Phi) is 4.85. The minimum absolute atomic E-state index is 0.0131. The second-order valence-corrected chi connectivity index (χ2v) is 6.34. The Balaban J connectivity index is 1.74. The van der Waals surface area contributed by atoms with Crippen molar-refractivity contribution < 1.29 is 9.72 Å². The molecule has 1 N–H and O–H groups in total. The first-order valence-electron chi connectivity index (χ1n) is 7.69. The van der Waals surface area contributed by atoms with Gasteiger partial charge in [0.1, 0.15) is 0 Å². The summed E-state index contributed by atoms with van der Waals surface area (Å²) >= 11 is 1.42. The van der Waals surface area contributed by atoms with Crippen LogP contribution in [0.4, 0.5) is 10.8 Å². The largest absolute Gasteiger partial charge is 0.298 e. The normalized spacial score (nSPS) is 11.1. The lowest BCUT2D eigenvalue weighted by atomic mass is 10.1. The van der Waals surface area contributed by atoms with Gasteiger partial charge in [0, 0.05) is 18.2 Å². The second-order valence-electron chi connectivity index (χ2n) is 5.31. The van der Waals surface area contributed by atoms with Crippen LogP contribution in [0.5, 0.6) is 0 Å². The molecule has 1 amide bonds. The third-order valence-electron chi connectivity index (χ3n) is 3.62. The fraction of sp³-hybridized carbons (Fsp3) is 0.111. The van der Waals surface area contributed by atoms with Gasteiger partial charge < -0.3 is 0 Å². The number of aryl methyl sites for hydroxylation is 1. The summed E-state index contributed by atoms with van der Waals surface area (Å²) in [6, 6.07) is 12.1. The van der Waals surface area contributed by atoms with Gasteiger partial charge in [0.25, 0.3) is 5.69 Å². The molecule has 0 radical (unpaired) electrons. The Labute approximate surface area is 148 Å². The van der Waals surface area contributed by atoms with Crippen molar-refractivity contribution in [3.63, 3.8) is 0 Å². The van der Waals surface area contributed by atoms with Crippen molar-refractivity contribution in [1.82, 2.24) is 4.98 Å². The number of carbonyl (C=O) groups is 1. The van der Waals surface area contributed by atoms with E-state index in [0.717, 1.165) is 22.2 Å². The third kappa shape index (κ3) is 3.89. The third-order valence-corrected chi connectivity index (χ3v) is 4.56. The number of benzene rings is 2. The molecule has 3 rings (SSSR count). The highest BCUT2D eigenvalue weighted by Gasteiger charge is 2.09. The van der Waals surface area contributed by atoms with E-state index in [2.05, 4.69) is 17.2 Å². The standard InChI is InChI=1S/C18H15N3O3S/c1-2-13-6-4-8-15-17(13)20-18(25-15)19-16(22)10-9-12-5-3-7-14(11-12)21(23)24/h3-11H,2H2,1H3,(H,19,20,22)/b10-9-. The number of carbonyl (C=O) groups excluding carboxylic acids is 1. The topological polar surface area (TPSA) is 85.1 Å². The number of anilines is 1. The number of thiazole rings is 1. The quantitative estimate of drug-likeness (QED) is 0.418. The molecule has 1 heterocycles. The van der Waals surface area contributed by atoms with Crippen molar-refractivity contribution in [2.45, 2.75) is 13.3 Å². The molecule has 0 aliphatic heterocycles. The molecule has 0 atom stereocenters. The van der Waals surface area contributed by atoms with Crippen molar-refractivity contribution >= 4 is 44.4 Å². The van der Waals surface area contributed by atoms with Gasteiger partial charge in [0.2, 0.25) is 5.91 Å². The van der Waals surface area contributed by atoms with Crippen LogP contribution in [0.1, 0.15) is 18.1 Å². The molecule has 0 aliphatic carbocycles. The number of fused-ring (bicyclic) bond motifs is 1. The van der Waals surface area contributed by atoms with Crippen LogP contribution in [0.3, 0.4) is 0 Å². The fourth-order valence-corrected chi connectivity index (χ4v) is 3.32. The number of hydrogen-bond acceptors (Lipinski definition) is 5. The Morgan fingerprint density at radius 2 is 2.12 bits per heavy atom. The maximum Gasteiger partial charge on any atom is 0.270 e. The van der Waals surface area contributed by atoms with Crippen molar-refractivity contribution in [3.8, 4) is 0 Å². The van der Waals surface area contributed by atoms with Gasteiger partial charge in [-0.25, -0.2) is 4.98 Å². The van der Waals surface area contributed by atoms with Crippen molar-refractivity contribution in [1.29, 1.82) is 0 Å². The number of para-hydroxylation sites is 1. The average Bonchev–Trinajstić information content (AvgIpc) is 3.02. The van der Waals surface area contributed by atoms with Crippen LogP contribution in [0.15, 0.2) is 48.5 Å². The maximum atomic E-state index is 12.1. The summed E-state index contributed by atoms with van der Waals surface area (Å²) in [5.41, 5.74) is 2.62. The Bertz CT molecular complexity index is 979. The van der Waals surface area contributed by atoms with Crippen LogP contribution in [0.2, 0.25) is 0 Å². The Hall–Kier alpha value is -3.06. The molecular weight excluding hydrogens is 338 g/mol. The lowest BCUT2D eigenvalue weighted by Crippen LogP contribution is -2.07. The predicted molar refractivity (Wildman–Crippen MR) is 99.8 cm³/mol. The highest BCUT2D eigenvalue weighted by Crippen LogP contribution is 2.28. The number of amides is 1. The monoisotopic (exact) mass is 353 g/mol. The van der Waals surface area contributed by atoms with Crippen LogP contribution in [0.25, 0.3) is 16.3 Å². The Morgan fingerprint density at radius 1 is 1.32 bits per heavy atom. The molecule has 2 aromatic carbocycles. The van der Waals surface area contributed by atoms with E-state index in [1.807, 2.05) is 18.2 Å². The minimum atomic E-state index is -0.468. The smallest absolute Gasteiger partial charge is 0.270 e. The SMILES string of the molecule is CCc1cccc2sc(NC(=O)/C=C\c3cccc([N+](=O)[O-])c3)nc12. The molecule has 0 saturated heterocycles. The van der Waals surface area contributed by atoms with E-state index in [9.17, 15) is 14.9 Å². The van der Waals surface area contributed by atoms with Gasteiger partial charge >= 0.3 is 0 Å². The molecule has 1 aromatic heterocycles. The Morgan fingerprint density at radius 3 is 2.88 bits per heavy atom. The number of rotatable bonds is 5. The number of non-ortho nitro benzene ring substituents is 1. The summed E-state index contributed by atoms with van der Waals surface area (Å²) in [5.74, 6) is -0.330. The fourth-order valence-electron chi connectivity index (χ4n) is 2.41. The van der Waals surface area contributed by atoms with E-state index >= 15 is 0 Å². The molecule has 0 bridgehead atoms. The molecule has 0 fully saturated rings. The molecule has 6 nitrogen and oxygen atoms in total. The van der Waals surface area contributed by atoms with Crippen molar-refractivity contribution in [2.75, 3.05) is 5.32 Å². The van der Waals surface area contributed by atoms with Gasteiger partial charge in [-0.2, -0.15) is 0 Å². The molecule has 7 heteroatoms. The van der Waals surface area contributed by atoms with Gasteiger partial charge in [-0.15, -0.1) is 0 Å². The van der Waals surface area contributed by atoms with E-state index in [4.69, 9.17) is 0 Å². The lowest BCUT2D eigenvalue weighted by Gasteiger charge is -1.97. The minimum Gasteiger partial charge on any atom is -0.298 e. The molecule has 0 spiro atoms. The van der Waals surface area contributed by atoms with E-state index in [1.54, 1.807) is 12.1 Å². The molecule has 3 aromatic rings. The number of hydrogen-bond donors (Lipinski definition) is 1. The summed E-state index contributed by atoms with van der Waals surface area (Å²) in [4.78, 5) is 26.8. The van der Waals surface area contributed by atoms with Crippen LogP contribution < -0.4 is 5.32 Å². The van der Waals surface area contributed by atoms with Gasteiger partial charge in [0.05, 0.1) is 15.1 Å². The summed E-state index contributed by atoms with van der Waals surface area (Å²) in [5, 5.41) is 14.0.